The zero-order valence-electron chi connectivity index (χ0n) is 11.7. The lowest BCUT2D eigenvalue weighted by Crippen LogP contribution is -2.07. The van der Waals surface area contributed by atoms with Crippen LogP contribution in [0.3, 0.4) is 0 Å². The van der Waals surface area contributed by atoms with Crippen LogP contribution in [-0.4, -0.2) is 22.6 Å². The molecule has 0 saturated carbocycles. The first kappa shape index (κ1) is 13.2. The molecule has 2 heterocycles. The highest BCUT2D eigenvalue weighted by atomic mass is 16.7. The molecule has 0 fully saturated rings. The minimum Gasteiger partial charge on any atom is -0.437 e. The van der Waals surface area contributed by atoms with Gasteiger partial charge in [-0.15, -0.1) is 0 Å². The van der Waals surface area contributed by atoms with Gasteiger partial charge in [-0.2, -0.15) is 0 Å². The summed E-state index contributed by atoms with van der Waals surface area (Å²) >= 11 is 0. The van der Waals surface area contributed by atoms with Gasteiger partial charge in [0.25, 0.3) is 0 Å². The van der Waals surface area contributed by atoms with Crippen LogP contribution in [0.2, 0.25) is 0 Å². The Morgan fingerprint density at radius 2 is 1.86 bits per heavy atom. The fourth-order valence-corrected chi connectivity index (χ4v) is 2.03. The molecular weight excluding hydrogens is 268 g/mol. The highest BCUT2D eigenvalue weighted by Gasteiger charge is 2.07. The molecule has 3 aromatic rings. The molecule has 0 aliphatic heterocycles. The fourth-order valence-electron chi connectivity index (χ4n) is 2.03. The summed E-state index contributed by atoms with van der Waals surface area (Å²) in [5.41, 5.74) is 3.89. The number of fused-ring (bicyclic) bond motifs is 1. The molecule has 3 rings (SSSR count). The van der Waals surface area contributed by atoms with Gasteiger partial charge in [0.15, 0.2) is 5.75 Å². The molecule has 0 radical (unpaired) electrons. The van der Waals surface area contributed by atoms with E-state index in [0.717, 1.165) is 16.9 Å². The lowest BCUT2D eigenvalue weighted by molar-refractivity contribution is 0.121. The van der Waals surface area contributed by atoms with Gasteiger partial charge in [-0.3, -0.25) is 0 Å². The van der Waals surface area contributed by atoms with Crippen LogP contribution in [0.1, 0.15) is 5.56 Å². The molecule has 0 saturated heterocycles. The van der Waals surface area contributed by atoms with Crippen molar-refractivity contribution in [3.8, 4) is 17.0 Å². The number of ether oxygens (including phenoxy) is 2. The van der Waals surface area contributed by atoms with E-state index in [0.29, 0.717) is 5.75 Å². The third-order valence-corrected chi connectivity index (χ3v) is 3.14. The second-order valence-electron chi connectivity index (χ2n) is 4.68. The normalized spacial score (nSPS) is 10.6. The Labute approximate surface area is 121 Å². The molecule has 2 aromatic heterocycles. The molecule has 1 aromatic carbocycles. The van der Waals surface area contributed by atoms with Crippen molar-refractivity contribution in [3.05, 3.63) is 54.4 Å². The Morgan fingerprint density at radius 1 is 1.10 bits per heavy atom. The number of aromatic nitrogens is 2. The van der Waals surface area contributed by atoms with E-state index >= 15 is 0 Å². The minimum atomic E-state index is -0.742. The summed E-state index contributed by atoms with van der Waals surface area (Å²) in [5.74, 6) is 0.405. The van der Waals surface area contributed by atoms with Crippen LogP contribution in [0.5, 0.6) is 5.75 Å². The molecule has 0 unspecified atom stereocenters. The SMILES string of the molecule is COC(=O)Oc1ccc2nc(-c3ccc(C)cc3)cn2c1. The fraction of sp³-hybridized carbons (Fsp3) is 0.125. The summed E-state index contributed by atoms with van der Waals surface area (Å²) in [6.07, 6.45) is 2.84. The average Bonchev–Trinajstić information content (AvgIpc) is 2.91. The van der Waals surface area contributed by atoms with Gasteiger partial charge in [-0.1, -0.05) is 29.8 Å². The molecule has 106 valence electrons. The zero-order chi connectivity index (χ0) is 14.8. The maximum absolute atomic E-state index is 11.1. The van der Waals surface area contributed by atoms with E-state index in [1.165, 1.54) is 12.7 Å². The maximum Gasteiger partial charge on any atom is 0.513 e. The molecule has 0 amide bonds. The Bertz CT molecular complexity index is 791. The van der Waals surface area contributed by atoms with Gasteiger partial charge in [0.05, 0.1) is 19.0 Å². The number of pyridine rings is 1. The number of nitrogens with zero attached hydrogens (tertiary/aromatic N) is 2. The van der Waals surface area contributed by atoms with Crippen LogP contribution in [0.25, 0.3) is 16.9 Å². The maximum atomic E-state index is 11.1. The number of imidazole rings is 1. The lowest BCUT2D eigenvalue weighted by Gasteiger charge is -2.02. The van der Waals surface area contributed by atoms with Crippen LogP contribution in [0.4, 0.5) is 4.79 Å². The van der Waals surface area contributed by atoms with Crippen LogP contribution in [0.15, 0.2) is 48.8 Å². The summed E-state index contributed by atoms with van der Waals surface area (Å²) in [5, 5.41) is 0. The van der Waals surface area contributed by atoms with E-state index in [2.05, 4.69) is 9.72 Å². The van der Waals surface area contributed by atoms with Crippen molar-refractivity contribution >= 4 is 11.8 Å². The smallest absolute Gasteiger partial charge is 0.437 e. The van der Waals surface area contributed by atoms with Crippen LogP contribution < -0.4 is 4.74 Å². The van der Waals surface area contributed by atoms with Crippen LogP contribution in [-0.2, 0) is 4.74 Å². The topological polar surface area (TPSA) is 52.8 Å². The van der Waals surface area contributed by atoms with Gasteiger partial charge in [-0.25, -0.2) is 9.78 Å². The minimum absolute atomic E-state index is 0.405. The molecule has 5 nitrogen and oxygen atoms in total. The van der Waals surface area contributed by atoms with E-state index in [1.807, 2.05) is 41.8 Å². The highest BCUT2D eigenvalue weighted by Crippen LogP contribution is 2.21. The van der Waals surface area contributed by atoms with E-state index < -0.39 is 6.16 Å². The third-order valence-electron chi connectivity index (χ3n) is 3.14. The van der Waals surface area contributed by atoms with Gasteiger partial charge < -0.3 is 13.9 Å². The van der Waals surface area contributed by atoms with Crippen molar-refractivity contribution in [3.63, 3.8) is 0 Å². The van der Waals surface area contributed by atoms with Crippen molar-refractivity contribution in [2.24, 2.45) is 0 Å². The number of benzene rings is 1. The quantitative estimate of drug-likeness (QED) is 0.675. The standard InChI is InChI=1S/C16H14N2O3/c1-11-3-5-12(6-4-11)14-10-18-9-13(21-16(19)20-2)7-8-15(18)17-14/h3-10H,1-2H3. The highest BCUT2D eigenvalue weighted by molar-refractivity contribution is 5.65. The Hall–Kier alpha value is -2.82. The van der Waals surface area contributed by atoms with Gasteiger partial charge in [0.2, 0.25) is 0 Å². The molecule has 0 aliphatic carbocycles. The van der Waals surface area contributed by atoms with Gasteiger partial charge >= 0.3 is 6.16 Å². The molecule has 0 bridgehead atoms. The van der Waals surface area contributed by atoms with E-state index in [4.69, 9.17) is 4.74 Å². The summed E-state index contributed by atoms with van der Waals surface area (Å²) in [6.45, 7) is 2.05. The molecule has 5 heteroatoms. The first-order chi connectivity index (χ1) is 10.2. The van der Waals surface area contributed by atoms with Gasteiger partial charge in [0.1, 0.15) is 5.65 Å². The summed E-state index contributed by atoms with van der Waals surface area (Å²) < 4.78 is 11.3. The summed E-state index contributed by atoms with van der Waals surface area (Å²) in [7, 11) is 1.27. The molecule has 0 aliphatic rings. The molecule has 0 N–H and O–H groups in total. The van der Waals surface area contributed by atoms with Crippen molar-refractivity contribution in [1.82, 2.24) is 9.38 Å². The summed E-state index contributed by atoms with van der Waals surface area (Å²) in [6, 6.07) is 11.6. The first-order valence-electron chi connectivity index (χ1n) is 6.47. The monoisotopic (exact) mass is 282 g/mol. The predicted molar refractivity (Wildman–Crippen MR) is 78.4 cm³/mol. The number of rotatable bonds is 2. The summed E-state index contributed by atoms with van der Waals surface area (Å²) in [4.78, 5) is 15.7. The predicted octanol–water partition coefficient (Wildman–Crippen LogP) is 3.45. The Morgan fingerprint density at radius 3 is 2.57 bits per heavy atom. The van der Waals surface area contributed by atoms with Gasteiger partial charge in [-0.05, 0) is 19.1 Å². The van der Waals surface area contributed by atoms with E-state index in [-0.39, 0.29) is 0 Å². The second-order valence-corrected chi connectivity index (χ2v) is 4.68. The Balaban J connectivity index is 1.96. The van der Waals surface area contributed by atoms with Crippen LogP contribution in [0, 0.1) is 6.92 Å². The lowest BCUT2D eigenvalue weighted by atomic mass is 10.1. The number of carbonyl (C=O) groups is 1. The number of hydrogen-bond donors (Lipinski definition) is 0. The largest absolute Gasteiger partial charge is 0.513 e. The number of aryl methyl sites for hydroxylation is 1. The number of methoxy groups -OCH3 is 1. The van der Waals surface area contributed by atoms with Crippen molar-refractivity contribution in [1.29, 1.82) is 0 Å². The third kappa shape index (κ3) is 2.72. The Kier molecular flexibility index (Phi) is 3.31. The van der Waals surface area contributed by atoms with E-state index in [9.17, 15) is 4.79 Å². The van der Waals surface area contributed by atoms with Crippen molar-refractivity contribution in [2.45, 2.75) is 6.92 Å². The molecule has 0 spiro atoms. The van der Waals surface area contributed by atoms with E-state index in [1.54, 1.807) is 18.3 Å². The molecular formula is C16H14N2O3. The van der Waals surface area contributed by atoms with Gasteiger partial charge in [0, 0.05) is 11.8 Å². The second kappa shape index (κ2) is 5.28. The number of carbonyl (C=O) groups excluding carboxylic acids is 1. The van der Waals surface area contributed by atoms with Crippen LogP contribution >= 0.6 is 0 Å². The number of hydrogen-bond acceptors (Lipinski definition) is 4. The first-order valence-corrected chi connectivity index (χ1v) is 6.47. The van der Waals surface area contributed by atoms with Crippen molar-refractivity contribution in [2.75, 3.05) is 7.11 Å². The average molecular weight is 282 g/mol. The molecule has 0 atom stereocenters. The van der Waals surface area contributed by atoms with Crippen molar-refractivity contribution < 1.29 is 14.3 Å². The zero-order valence-corrected chi connectivity index (χ0v) is 11.7. The molecule has 21 heavy (non-hydrogen) atoms.